The molecule has 0 bridgehead atoms. The Kier molecular flexibility index (Phi) is 6.21. The molecule has 1 unspecified atom stereocenters. The number of hydrogen-bond donors (Lipinski definition) is 2. The van der Waals surface area contributed by atoms with Crippen molar-refractivity contribution in [2.45, 2.75) is 45.7 Å². The summed E-state index contributed by atoms with van der Waals surface area (Å²) in [4.78, 5) is 11.7. The van der Waals surface area contributed by atoms with E-state index in [0.717, 1.165) is 6.54 Å². The Morgan fingerprint density at radius 1 is 1.31 bits per heavy atom. The van der Waals surface area contributed by atoms with Crippen LogP contribution >= 0.6 is 11.8 Å². The van der Waals surface area contributed by atoms with Crippen LogP contribution in [0.2, 0.25) is 0 Å². The summed E-state index contributed by atoms with van der Waals surface area (Å²) in [7, 11) is 0. The molecule has 1 aliphatic heterocycles. The topological polar surface area (TPSA) is 41.1 Å². The Morgan fingerprint density at radius 2 is 1.94 bits per heavy atom. The van der Waals surface area contributed by atoms with Crippen molar-refractivity contribution < 1.29 is 4.79 Å². The van der Waals surface area contributed by atoms with Crippen LogP contribution in [0.25, 0.3) is 0 Å². The molecule has 1 amide bonds. The molecule has 1 heterocycles. The van der Waals surface area contributed by atoms with Crippen molar-refractivity contribution >= 4 is 17.7 Å². The highest BCUT2D eigenvalue weighted by atomic mass is 32.2. The smallest absolute Gasteiger partial charge is 0.236 e. The quantitative estimate of drug-likeness (QED) is 0.772. The molecule has 1 fully saturated rings. The molecule has 0 spiro atoms. The maximum Gasteiger partial charge on any atom is 0.236 e. The fourth-order valence-electron chi connectivity index (χ4n) is 1.75. The molecule has 0 saturated carbocycles. The average Bonchev–Trinajstić information content (AvgIpc) is 2.27. The molecule has 1 aliphatic rings. The molecule has 0 aromatic rings. The van der Waals surface area contributed by atoms with Crippen molar-refractivity contribution in [2.75, 3.05) is 18.1 Å². The highest BCUT2D eigenvalue weighted by Crippen LogP contribution is 2.17. The lowest BCUT2D eigenvalue weighted by atomic mass is 10.1. The maximum atomic E-state index is 11.7. The molecule has 94 valence electrons. The molecule has 0 radical (unpaired) electrons. The van der Waals surface area contributed by atoms with E-state index in [1.165, 1.54) is 24.3 Å². The maximum absolute atomic E-state index is 11.7. The standard InChI is InChI=1S/C12H24N2OS/c1-9(2)8-13-12(15)10(3)14-11-4-6-16-7-5-11/h9-11,14H,4-8H2,1-3H3,(H,13,15). The molecule has 0 aromatic heterocycles. The summed E-state index contributed by atoms with van der Waals surface area (Å²) in [6, 6.07) is 0.466. The first kappa shape index (κ1) is 13.8. The van der Waals surface area contributed by atoms with Crippen molar-refractivity contribution in [2.24, 2.45) is 5.92 Å². The van der Waals surface area contributed by atoms with Gasteiger partial charge in [0, 0.05) is 12.6 Å². The Balaban J connectivity index is 2.21. The van der Waals surface area contributed by atoms with Gasteiger partial charge in [-0.05, 0) is 37.2 Å². The van der Waals surface area contributed by atoms with Gasteiger partial charge in [0.05, 0.1) is 6.04 Å². The zero-order valence-corrected chi connectivity index (χ0v) is 11.4. The van der Waals surface area contributed by atoms with Gasteiger partial charge in [-0.25, -0.2) is 0 Å². The minimum absolute atomic E-state index is 0.0631. The molecule has 1 rings (SSSR count). The average molecular weight is 244 g/mol. The monoisotopic (exact) mass is 244 g/mol. The van der Waals surface area contributed by atoms with Gasteiger partial charge in [0.2, 0.25) is 5.91 Å². The predicted molar refractivity (Wildman–Crippen MR) is 70.8 cm³/mol. The second kappa shape index (κ2) is 7.17. The van der Waals surface area contributed by atoms with Crippen molar-refractivity contribution in [3.05, 3.63) is 0 Å². The van der Waals surface area contributed by atoms with Gasteiger partial charge in [-0.15, -0.1) is 0 Å². The zero-order valence-electron chi connectivity index (χ0n) is 10.6. The molecule has 2 N–H and O–H groups in total. The third-order valence-corrected chi connectivity index (χ3v) is 3.83. The molecular formula is C12H24N2OS. The summed E-state index contributed by atoms with van der Waals surface area (Å²) < 4.78 is 0. The van der Waals surface area contributed by atoms with E-state index >= 15 is 0 Å². The molecule has 0 aliphatic carbocycles. The first-order valence-corrected chi connectivity index (χ1v) is 7.36. The summed E-state index contributed by atoms with van der Waals surface area (Å²) in [6.07, 6.45) is 2.37. The Labute approximate surface area is 103 Å². The second-order valence-electron chi connectivity index (χ2n) is 4.91. The van der Waals surface area contributed by atoms with Gasteiger partial charge < -0.3 is 10.6 Å². The van der Waals surface area contributed by atoms with Crippen molar-refractivity contribution in [3.8, 4) is 0 Å². The van der Waals surface area contributed by atoms with E-state index in [1.807, 2.05) is 18.7 Å². The summed E-state index contributed by atoms with van der Waals surface area (Å²) in [5.74, 6) is 3.09. The van der Waals surface area contributed by atoms with Crippen LogP contribution in [0.1, 0.15) is 33.6 Å². The normalized spacial score (nSPS) is 19.8. The molecular weight excluding hydrogens is 220 g/mol. The van der Waals surface area contributed by atoms with Crippen LogP contribution in [0.15, 0.2) is 0 Å². The van der Waals surface area contributed by atoms with Crippen LogP contribution in [0.3, 0.4) is 0 Å². The lowest BCUT2D eigenvalue weighted by Crippen LogP contribution is -2.48. The number of hydrogen-bond acceptors (Lipinski definition) is 3. The van der Waals surface area contributed by atoms with Crippen molar-refractivity contribution in [3.63, 3.8) is 0 Å². The summed E-state index contributed by atoms with van der Waals surface area (Å²) >= 11 is 2.01. The summed E-state index contributed by atoms with van der Waals surface area (Å²) in [6.45, 7) is 6.94. The minimum atomic E-state index is -0.0631. The fraction of sp³-hybridized carbons (Fsp3) is 0.917. The number of rotatable bonds is 5. The van der Waals surface area contributed by atoms with E-state index in [4.69, 9.17) is 0 Å². The van der Waals surface area contributed by atoms with Crippen molar-refractivity contribution in [1.29, 1.82) is 0 Å². The lowest BCUT2D eigenvalue weighted by Gasteiger charge is -2.26. The number of thioether (sulfide) groups is 1. The van der Waals surface area contributed by atoms with E-state index in [9.17, 15) is 4.79 Å². The van der Waals surface area contributed by atoms with Gasteiger partial charge in [0.15, 0.2) is 0 Å². The number of carbonyl (C=O) groups is 1. The van der Waals surface area contributed by atoms with Gasteiger partial charge in [-0.1, -0.05) is 13.8 Å². The zero-order chi connectivity index (χ0) is 12.0. The minimum Gasteiger partial charge on any atom is -0.354 e. The van der Waals surface area contributed by atoms with Crippen LogP contribution in [0.5, 0.6) is 0 Å². The highest BCUT2D eigenvalue weighted by Gasteiger charge is 2.19. The molecule has 1 saturated heterocycles. The number of carbonyl (C=O) groups excluding carboxylic acids is 1. The third kappa shape index (κ3) is 5.21. The molecule has 4 heteroatoms. The lowest BCUT2D eigenvalue weighted by molar-refractivity contribution is -0.123. The molecule has 3 nitrogen and oxygen atoms in total. The number of nitrogens with one attached hydrogen (secondary N) is 2. The van der Waals surface area contributed by atoms with Crippen molar-refractivity contribution in [1.82, 2.24) is 10.6 Å². The van der Waals surface area contributed by atoms with Crippen LogP contribution in [-0.2, 0) is 4.79 Å². The Hall–Kier alpha value is -0.220. The number of amides is 1. The van der Waals surface area contributed by atoms with Gasteiger partial charge in [0.25, 0.3) is 0 Å². The van der Waals surface area contributed by atoms with Gasteiger partial charge >= 0.3 is 0 Å². The first-order valence-electron chi connectivity index (χ1n) is 6.21. The molecule has 1 atom stereocenters. The summed E-state index contributed by atoms with van der Waals surface area (Å²) in [5.41, 5.74) is 0. The Bertz CT molecular complexity index is 215. The van der Waals surface area contributed by atoms with Gasteiger partial charge in [-0.2, -0.15) is 11.8 Å². The van der Waals surface area contributed by atoms with E-state index in [-0.39, 0.29) is 11.9 Å². The van der Waals surface area contributed by atoms with Crippen LogP contribution in [0, 0.1) is 5.92 Å². The van der Waals surface area contributed by atoms with E-state index in [0.29, 0.717) is 12.0 Å². The second-order valence-corrected chi connectivity index (χ2v) is 6.14. The first-order chi connectivity index (χ1) is 7.59. The largest absolute Gasteiger partial charge is 0.354 e. The fourth-order valence-corrected chi connectivity index (χ4v) is 2.86. The van der Waals surface area contributed by atoms with Crippen LogP contribution in [-0.4, -0.2) is 36.0 Å². The van der Waals surface area contributed by atoms with Gasteiger partial charge in [-0.3, -0.25) is 4.79 Å². The predicted octanol–water partition coefficient (Wildman–Crippen LogP) is 1.63. The molecule has 0 aromatic carbocycles. The summed E-state index contributed by atoms with van der Waals surface area (Å²) in [5, 5.41) is 6.38. The van der Waals surface area contributed by atoms with Crippen LogP contribution < -0.4 is 10.6 Å². The van der Waals surface area contributed by atoms with Gasteiger partial charge in [0.1, 0.15) is 0 Å². The Morgan fingerprint density at radius 3 is 2.50 bits per heavy atom. The molecule has 16 heavy (non-hydrogen) atoms. The van der Waals surface area contributed by atoms with E-state index in [2.05, 4.69) is 24.5 Å². The highest BCUT2D eigenvalue weighted by molar-refractivity contribution is 7.99. The third-order valence-electron chi connectivity index (χ3n) is 2.78. The SMILES string of the molecule is CC(C)CNC(=O)C(C)NC1CCSCC1. The van der Waals surface area contributed by atoms with E-state index < -0.39 is 0 Å². The van der Waals surface area contributed by atoms with Crippen LogP contribution in [0.4, 0.5) is 0 Å². The van der Waals surface area contributed by atoms with E-state index in [1.54, 1.807) is 0 Å².